The van der Waals surface area contributed by atoms with Crippen molar-refractivity contribution in [3.63, 3.8) is 0 Å². The minimum atomic E-state index is -4.58. The van der Waals surface area contributed by atoms with E-state index in [9.17, 15) is 22.8 Å². The molecule has 0 fully saturated rings. The van der Waals surface area contributed by atoms with Gasteiger partial charge in [-0.2, -0.15) is 13.2 Å². The SMILES string of the molecule is CC(C)NC(=O)c1cccc(C(=O)Nc2ccccc2C(F)(F)F)c1. The van der Waals surface area contributed by atoms with Crippen molar-refractivity contribution in [3.8, 4) is 0 Å². The van der Waals surface area contributed by atoms with E-state index in [0.717, 1.165) is 6.07 Å². The van der Waals surface area contributed by atoms with Gasteiger partial charge in [0.25, 0.3) is 11.8 Å². The fourth-order valence-electron chi connectivity index (χ4n) is 2.18. The van der Waals surface area contributed by atoms with Crippen molar-refractivity contribution in [1.82, 2.24) is 5.32 Å². The Morgan fingerprint density at radius 3 is 2.12 bits per heavy atom. The van der Waals surface area contributed by atoms with Crippen LogP contribution in [0.2, 0.25) is 0 Å². The number of alkyl halides is 3. The molecule has 0 saturated carbocycles. The van der Waals surface area contributed by atoms with Crippen LogP contribution in [0.25, 0.3) is 0 Å². The van der Waals surface area contributed by atoms with Crippen LogP contribution in [0.4, 0.5) is 18.9 Å². The molecule has 4 nitrogen and oxygen atoms in total. The summed E-state index contributed by atoms with van der Waals surface area (Å²) in [5.41, 5.74) is -0.923. The van der Waals surface area contributed by atoms with Crippen LogP contribution in [-0.4, -0.2) is 17.9 Å². The normalized spacial score (nSPS) is 11.3. The van der Waals surface area contributed by atoms with E-state index in [0.29, 0.717) is 0 Å². The number of rotatable bonds is 4. The minimum absolute atomic E-state index is 0.0800. The summed E-state index contributed by atoms with van der Waals surface area (Å²) >= 11 is 0. The van der Waals surface area contributed by atoms with Gasteiger partial charge in [-0.15, -0.1) is 0 Å². The molecular formula is C18H17F3N2O2. The maximum atomic E-state index is 13.0. The molecule has 25 heavy (non-hydrogen) atoms. The number of para-hydroxylation sites is 1. The third kappa shape index (κ3) is 4.82. The topological polar surface area (TPSA) is 58.2 Å². The predicted octanol–water partition coefficient (Wildman–Crippen LogP) is 4.10. The number of halogens is 3. The first-order chi connectivity index (χ1) is 11.7. The number of carbonyl (C=O) groups is 2. The Labute approximate surface area is 143 Å². The van der Waals surface area contributed by atoms with Crippen molar-refractivity contribution in [1.29, 1.82) is 0 Å². The van der Waals surface area contributed by atoms with Crippen LogP contribution in [0.1, 0.15) is 40.1 Å². The molecule has 0 spiro atoms. The predicted molar refractivity (Wildman–Crippen MR) is 88.4 cm³/mol. The molecule has 2 aromatic carbocycles. The van der Waals surface area contributed by atoms with E-state index in [1.807, 2.05) is 0 Å². The third-order valence-electron chi connectivity index (χ3n) is 3.29. The molecule has 0 atom stereocenters. The average Bonchev–Trinajstić information content (AvgIpc) is 2.54. The fourth-order valence-corrected chi connectivity index (χ4v) is 2.18. The minimum Gasteiger partial charge on any atom is -0.350 e. The van der Waals surface area contributed by atoms with Crippen LogP contribution in [0, 0.1) is 0 Å². The highest BCUT2D eigenvalue weighted by atomic mass is 19.4. The molecular weight excluding hydrogens is 333 g/mol. The molecule has 7 heteroatoms. The molecule has 0 saturated heterocycles. The number of hydrogen-bond acceptors (Lipinski definition) is 2. The Balaban J connectivity index is 2.24. The van der Waals surface area contributed by atoms with Crippen LogP contribution < -0.4 is 10.6 Å². The van der Waals surface area contributed by atoms with Crippen molar-refractivity contribution in [2.24, 2.45) is 0 Å². The van der Waals surface area contributed by atoms with Gasteiger partial charge in [-0.3, -0.25) is 9.59 Å². The van der Waals surface area contributed by atoms with Gasteiger partial charge in [-0.1, -0.05) is 18.2 Å². The number of anilines is 1. The van der Waals surface area contributed by atoms with Crippen molar-refractivity contribution < 1.29 is 22.8 Å². The highest BCUT2D eigenvalue weighted by molar-refractivity contribution is 6.06. The van der Waals surface area contributed by atoms with E-state index >= 15 is 0 Å². The molecule has 2 N–H and O–H groups in total. The summed E-state index contributed by atoms with van der Waals surface area (Å²) in [6.45, 7) is 3.59. The van der Waals surface area contributed by atoms with Crippen molar-refractivity contribution in [2.75, 3.05) is 5.32 Å². The largest absolute Gasteiger partial charge is 0.418 e. The third-order valence-corrected chi connectivity index (χ3v) is 3.29. The molecule has 0 unspecified atom stereocenters. The number of carbonyl (C=O) groups excluding carboxylic acids is 2. The summed E-state index contributed by atoms with van der Waals surface area (Å²) in [5, 5.41) is 4.93. The maximum Gasteiger partial charge on any atom is 0.418 e. The van der Waals surface area contributed by atoms with Gasteiger partial charge >= 0.3 is 6.18 Å². The molecule has 0 aliphatic rings. The molecule has 0 heterocycles. The lowest BCUT2D eigenvalue weighted by Gasteiger charge is -2.14. The average molecular weight is 350 g/mol. The van der Waals surface area contributed by atoms with Gasteiger partial charge in [-0.05, 0) is 44.2 Å². The first kappa shape index (κ1) is 18.5. The molecule has 2 amide bonds. The maximum absolute atomic E-state index is 13.0. The summed E-state index contributed by atoms with van der Waals surface area (Å²) in [7, 11) is 0. The van der Waals surface area contributed by atoms with E-state index in [2.05, 4.69) is 10.6 Å². The summed E-state index contributed by atoms with van der Waals surface area (Å²) in [6.07, 6.45) is -4.58. The monoisotopic (exact) mass is 350 g/mol. The van der Waals surface area contributed by atoms with Gasteiger partial charge in [0, 0.05) is 17.2 Å². The zero-order valence-corrected chi connectivity index (χ0v) is 13.6. The molecule has 0 aliphatic carbocycles. The summed E-state index contributed by atoms with van der Waals surface area (Å²) < 4.78 is 39.0. The van der Waals surface area contributed by atoms with E-state index in [4.69, 9.17) is 0 Å². The van der Waals surface area contributed by atoms with Crippen molar-refractivity contribution in [2.45, 2.75) is 26.1 Å². The Kier molecular flexibility index (Phi) is 5.46. The molecule has 0 aliphatic heterocycles. The molecule has 2 aromatic rings. The molecule has 0 radical (unpaired) electrons. The molecule has 0 bridgehead atoms. The fraction of sp³-hybridized carbons (Fsp3) is 0.222. The first-order valence-corrected chi connectivity index (χ1v) is 7.57. The summed E-state index contributed by atoms with van der Waals surface area (Å²) in [6, 6.07) is 10.4. The van der Waals surface area contributed by atoms with E-state index < -0.39 is 17.6 Å². The van der Waals surface area contributed by atoms with Crippen LogP contribution in [0.5, 0.6) is 0 Å². The lowest BCUT2D eigenvalue weighted by Crippen LogP contribution is -2.30. The van der Waals surface area contributed by atoms with Gasteiger partial charge in [0.05, 0.1) is 11.3 Å². The van der Waals surface area contributed by atoms with Gasteiger partial charge in [-0.25, -0.2) is 0 Å². The van der Waals surface area contributed by atoms with Crippen molar-refractivity contribution >= 4 is 17.5 Å². The Bertz CT molecular complexity index is 786. The van der Waals surface area contributed by atoms with E-state index in [-0.39, 0.29) is 28.8 Å². The van der Waals surface area contributed by atoms with Gasteiger partial charge in [0.2, 0.25) is 0 Å². The second-order valence-electron chi connectivity index (χ2n) is 5.71. The van der Waals surface area contributed by atoms with Gasteiger partial charge in [0.1, 0.15) is 0 Å². The number of hydrogen-bond donors (Lipinski definition) is 2. The number of nitrogens with one attached hydrogen (secondary N) is 2. The molecule has 2 rings (SSSR count). The lowest BCUT2D eigenvalue weighted by molar-refractivity contribution is -0.136. The standard InChI is InChI=1S/C18H17F3N2O2/c1-11(2)22-16(24)12-6-5-7-13(10-12)17(25)23-15-9-4-3-8-14(15)18(19,20)21/h3-11H,1-2H3,(H,22,24)(H,23,25). The highest BCUT2D eigenvalue weighted by Crippen LogP contribution is 2.34. The van der Waals surface area contributed by atoms with Gasteiger partial charge in [0.15, 0.2) is 0 Å². The number of amides is 2. The van der Waals surface area contributed by atoms with Crippen LogP contribution in [-0.2, 0) is 6.18 Å². The zero-order valence-electron chi connectivity index (χ0n) is 13.6. The molecule has 0 aromatic heterocycles. The summed E-state index contributed by atoms with van der Waals surface area (Å²) in [5.74, 6) is -1.09. The summed E-state index contributed by atoms with van der Waals surface area (Å²) in [4.78, 5) is 24.3. The quantitative estimate of drug-likeness (QED) is 0.872. The van der Waals surface area contributed by atoms with Crippen LogP contribution >= 0.6 is 0 Å². The van der Waals surface area contributed by atoms with E-state index in [1.54, 1.807) is 13.8 Å². The Hall–Kier alpha value is -2.83. The lowest BCUT2D eigenvalue weighted by atomic mass is 10.1. The van der Waals surface area contributed by atoms with Crippen LogP contribution in [0.3, 0.4) is 0 Å². The van der Waals surface area contributed by atoms with Gasteiger partial charge < -0.3 is 10.6 Å². The second-order valence-corrected chi connectivity index (χ2v) is 5.71. The smallest absolute Gasteiger partial charge is 0.350 e. The first-order valence-electron chi connectivity index (χ1n) is 7.57. The second kappa shape index (κ2) is 7.38. The highest BCUT2D eigenvalue weighted by Gasteiger charge is 2.33. The zero-order chi connectivity index (χ0) is 18.6. The molecule has 132 valence electrons. The Morgan fingerprint density at radius 1 is 0.920 bits per heavy atom. The Morgan fingerprint density at radius 2 is 1.52 bits per heavy atom. The van der Waals surface area contributed by atoms with Crippen LogP contribution in [0.15, 0.2) is 48.5 Å². The number of benzene rings is 2. The van der Waals surface area contributed by atoms with E-state index in [1.165, 1.54) is 42.5 Å². The van der Waals surface area contributed by atoms with Crippen molar-refractivity contribution in [3.05, 3.63) is 65.2 Å².